The number of nitrogens with one attached hydrogen (secondary N) is 1. The van der Waals surface area contributed by atoms with Crippen LogP contribution in [0.5, 0.6) is 0 Å². The molecule has 0 radical (unpaired) electrons. The van der Waals surface area contributed by atoms with E-state index >= 15 is 0 Å². The molecule has 11 heavy (non-hydrogen) atoms. The molecular weight excluding hydrogens is 156 g/mol. The lowest BCUT2D eigenvalue weighted by atomic mass is 10.3. The second-order valence-corrected chi connectivity index (χ2v) is 3.77. The van der Waals surface area contributed by atoms with Crippen molar-refractivity contribution in [1.29, 1.82) is 0 Å². The topological polar surface area (TPSA) is 15.3 Å². The Hall–Kier alpha value is -0.150. The molecule has 1 saturated heterocycles. The van der Waals surface area contributed by atoms with Gasteiger partial charge in [-0.15, -0.1) is 0 Å². The summed E-state index contributed by atoms with van der Waals surface area (Å²) in [4.78, 5) is 3.59. The molecule has 0 bridgehead atoms. The van der Waals surface area contributed by atoms with E-state index in [4.69, 9.17) is 12.2 Å². The molecule has 1 aliphatic carbocycles. The average Bonchev–Trinajstić information content (AvgIpc) is 2.87. The van der Waals surface area contributed by atoms with Crippen molar-refractivity contribution in [2.75, 3.05) is 26.2 Å². The maximum atomic E-state index is 5.36. The zero-order chi connectivity index (χ0) is 7.68. The van der Waals surface area contributed by atoms with Crippen molar-refractivity contribution in [3.8, 4) is 0 Å². The van der Waals surface area contributed by atoms with Gasteiger partial charge in [-0.25, -0.2) is 0 Å². The molecule has 1 saturated carbocycles. The molecule has 2 fully saturated rings. The van der Waals surface area contributed by atoms with Gasteiger partial charge in [0.25, 0.3) is 0 Å². The highest BCUT2D eigenvalue weighted by Gasteiger charge is 2.29. The van der Waals surface area contributed by atoms with Crippen LogP contribution in [-0.2, 0) is 0 Å². The number of nitrogens with zero attached hydrogens (tertiary/aromatic N) is 1. The van der Waals surface area contributed by atoms with Crippen LogP contribution in [0.1, 0.15) is 12.8 Å². The van der Waals surface area contributed by atoms with Gasteiger partial charge < -0.3 is 10.2 Å². The molecule has 3 heteroatoms. The van der Waals surface area contributed by atoms with Gasteiger partial charge in [0.15, 0.2) is 0 Å². The maximum Gasteiger partial charge on any atom is 0.0811 e. The molecule has 0 amide bonds. The van der Waals surface area contributed by atoms with Crippen LogP contribution in [0.15, 0.2) is 0 Å². The highest BCUT2D eigenvalue weighted by Crippen LogP contribution is 2.31. The Kier molecular flexibility index (Phi) is 2.09. The van der Waals surface area contributed by atoms with Gasteiger partial charge in [-0.2, -0.15) is 0 Å². The molecule has 0 aromatic heterocycles. The first-order valence-electron chi connectivity index (χ1n) is 4.37. The lowest BCUT2D eigenvalue weighted by molar-refractivity contribution is 0.355. The lowest BCUT2D eigenvalue weighted by Crippen LogP contribution is -2.46. The summed E-state index contributed by atoms with van der Waals surface area (Å²) in [5, 5.41) is 3.33. The first-order chi connectivity index (χ1) is 5.38. The van der Waals surface area contributed by atoms with Gasteiger partial charge in [-0.3, -0.25) is 0 Å². The van der Waals surface area contributed by atoms with E-state index in [0.717, 1.165) is 32.1 Å². The van der Waals surface area contributed by atoms with E-state index in [-0.39, 0.29) is 0 Å². The van der Waals surface area contributed by atoms with Crippen molar-refractivity contribution >= 4 is 17.2 Å². The van der Waals surface area contributed by atoms with Crippen molar-refractivity contribution < 1.29 is 0 Å². The summed E-state index contributed by atoms with van der Waals surface area (Å²) < 4.78 is 0. The summed E-state index contributed by atoms with van der Waals surface area (Å²) in [6.07, 6.45) is 2.67. The summed E-state index contributed by atoms with van der Waals surface area (Å²) in [5.74, 6) is 0.767. The standard InChI is InChI=1S/C8H14N2S/c11-8(7-1-2-7)10-5-3-9-4-6-10/h7,9H,1-6H2. The molecule has 1 aliphatic heterocycles. The summed E-state index contributed by atoms with van der Waals surface area (Å²) >= 11 is 5.36. The minimum absolute atomic E-state index is 0.767. The van der Waals surface area contributed by atoms with Crippen molar-refractivity contribution in [2.24, 2.45) is 5.92 Å². The summed E-state index contributed by atoms with van der Waals surface area (Å²) in [6, 6.07) is 0. The molecule has 2 nitrogen and oxygen atoms in total. The fraction of sp³-hybridized carbons (Fsp3) is 0.875. The first-order valence-corrected chi connectivity index (χ1v) is 4.78. The van der Waals surface area contributed by atoms with E-state index in [1.807, 2.05) is 0 Å². The molecule has 0 unspecified atom stereocenters. The molecule has 0 spiro atoms. The Balaban J connectivity index is 1.86. The van der Waals surface area contributed by atoms with Gasteiger partial charge in [-0.1, -0.05) is 12.2 Å². The minimum atomic E-state index is 0.767. The smallest absolute Gasteiger partial charge is 0.0811 e. The fourth-order valence-corrected chi connectivity index (χ4v) is 1.89. The van der Waals surface area contributed by atoms with Gasteiger partial charge in [0.1, 0.15) is 0 Å². The van der Waals surface area contributed by atoms with E-state index < -0.39 is 0 Å². The Morgan fingerprint density at radius 1 is 1.27 bits per heavy atom. The number of rotatable bonds is 1. The SMILES string of the molecule is S=C(C1CC1)N1CCNCC1. The highest BCUT2D eigenvalue weighted by molar-refractivity contribution is 7.80. The molecule has 1 N–H and O–H groups in total. The Bertz CT molecular complexity index is 159. The average molecular weight is 170 g/mol. The second kappa shape index (κ2) is 3.07. The zero-order valence-corrected chi connectivity index (χ0v) is 7.49. The van der Waals surface area contributed by atoms with Crippen molar-refractivity contribution in [3.63, 3.8) is 0 Å². The molecule has 2 rings (SSSR count). The number of hydrogen-bond donors (Lipinski definition) is 1. The van der Waals surface area contributed by atoms with Crippen molar-refractivity contribution in [1.82, 2.24) is 10.2 Å². The van der Waals surface area contributed by atoms with Crippen LogP contribution in [0.2, 0.25) is 0 Å². The predicted octanol–water partition coefficient (Wildman–Crippen LogP) is 0.629. The Labute approximate surface area is 73.0 Å². The summed E-state index contributed by atoms with van der Waals surface area (Å²) in [5.41, 5.74) is 0. The molecule has 2 aliphatic rings. The van der Waals surface area contributed by atoms with Gasteiger partial charge in [0.05, 0.1) is 4.99 Å². The van der Waals surface area contributed by atoms with Crippen LogP contribution in [0.3, 0.4) is 0 Å². The van der Waals surface area contributed by atoms with Crippen LogP contribution in [-0.4, -0.2) is 36.1 Å². The third kappa shape index (κ3) is 1.71. The van der Waals surface area contributed by atoms with Gasteiger partial charge in [0, 0.05) is 32.1 Å². The van der Waals surface area contributed by atoms with E-state index in [9.17, 15) is 0 Å². The van der Waals surface area contributed by atoms with Crippen LogP contribution in [0.25, 0.3) is 0 Å². The van der Waals surface area contributed by atoms with Gasteiger partial charge in [-0.05, 0) is 12.8 Å². The predicted molar refractivity (Wildman–Crippen MR) is 49.8 cm³/mol. The van der Waals surface area contributed by atoms with Crippen LogP contribution < -0.4 is 5.32 Å². The van der Waals surface area contributed by atoms with E-state index in [1.165, 1.54) is 17.8 Å². The molecular formula is C8H14N2S. The third-order valence-electron chi connectivity index (χ3n) is 2.36. The van der Waals surface area contributed by atoms with Crippen LogP contribution in [0, 0.1) is 5.92 Å². The number of hydrogen-bond acceptors (Lipinski definition) is 2. The first kappa shape index (κ1) is 7.50. The van der Waals surface area contributed by atoms with E-state index in [0.29, 0.717) is 0 Å². The maximum absolute atomic E-state index is 5.36. The van der Waals surface area contributed by atoms with Crippen LogP contribution in [0.4, 0.5) is 0 Å². The summed E-state index contributed by atoms with van der Waals surface area (Å²) in [6.45, 7) is 4.45. The lowest BCUT2D eigenvalue weighted by Gasteiger charge is -2.29. The highest BCUT2D eigenvalue weighted by atomic mass is 32.1. The van der Waals surface area contributed by atoms with E-state index in [1.54, 1.807) is 0 Å². The second-order valence-electron chi connectivity index (χ2n) is 3.35. The largest absolute Gasteiger partial charge is 0.363 e. The third-order valence-corrected chi connectivity index (χ3v) is 2.95. The van der Waals surface area contributed by atoms with Crippen LogP contribution >= 0.6 is 12.2 Å². The quantitative estimate of drug-likeness (QED) is 0.581. The monoisotopic (exact) mass is 170 g/mol. The fourth-order valence-electron chi connectivity index (χ4n) is 1.47. The molecule has 62 valence electrons. The zero-order valence-electron chi connectivity index (χ0n) is 6.68. The number of piperazine rings is 1. The molecule has 0 aromatic carbocycles. The van der Waals surface area contributed by atoms with Crippen molar-refractivity contribution in [2.45, 2.75) is 12.8 Å². The van der Waals surface area contributed by atoms with E-state index in [2.05, 4.69) is 10.2 Å². The summed E-state index contributed by atoms with van der Waals surface area (Å²) in [7, 11) is 0. The molecule has 0 aromatic rings. The normalized spacial score (nSPS) is 25.3. The molecule has 0 atom stereocenters. The van der Waals surface area contributed by atoms with Crippen molar-refractivity contribution in [3.05, 3.63) is 0 Å². The van der Waals surface area contributed by atoms with Gasteiger partial charge in [0.2, 0.25) is 0 Å². The molecule has 1 heterocycles. The Morgan fingerprint density at radius 2 is 1.91 bits per heavy atom. The Morgan fingerprint density at radius 3 is 2.45 bits per heavy atom. The minimum Gasteiger partial charge on any atom is -0.363 e. The number of thiocarbonyl (C=S) groups is 1. The van der Waals surface area contributed by atoms with Gasteiger partial charge >= 0.3 is 0 Å².